The molecule has 0 saturated carbocycles. The van der Waals surface area contributed by atoms with Gasteiger partial charge in [0, 0.05) is 12.8 Å². The summed E-state index contributed by atoms with van der Waals surface area (Å²) in [6.07, 6.45) is 4.03. The van der Waals surface area contributed by atoms with E-state index in [1.165, 1.54) is 6.07 Å². The molecule has 0 spiro atoms. The lowest BCUT2D eigenvalue weighted by Gasteiger charge is -2.22. The molecule has 10 heteroatoms. The van der Waals surface area contributed by atoms with E-state index in [4.69, 9.17) is 29.4 Å². The Hall–Kier alpha value is -3.14. The van der Waals surface area contributed by atoms with Crippen molar-refractivity contribution in [2.75, 3.05) is 6.61 Å². The highest BCUT2D eigenvalue weighted by atomic mass is 16.7. The molecule has 220 valence electrons. The van der Waals surface area contributed by atoms with E-state index < -0.39 is 42.3 Å². The minimum absolute atomic E-state index is 0.0739. The van der Waals surface area contributed by atoms with Gasteiger partial charge in [-0.3, -0.25) is 14.4 Å². The lowest BCUT2D eigenvalue weighted by Crippen LogP contribution is -2.39. The van der Waals surface area contributed by atoms with E-state index in [1.807, 2.05) is 20.8 Å². The van der Waals surface area contributed by atoms with Gasteiger partial charge in [-0.25, -0.2) is 4.79 Å². The molecule has 0 amide bonds. The molecule has 10 nitrogen and oxygen atoms in total. The summed E-state index contributed by atoms with van der Waals surface area (Å²) in [5, 5.41) is 0. The molecule has 0 bridgehead atoms. The minimum atomic E-state index is -1.04. The zero-order chi connectivity index (χ0) is 29.2. The number of esters is 3. The number of hydrogen-bond donors (Lipinski definition) is 1. The van der Waals surface area contributed by atoms with Gasteiger partial charge in [0.25, 0.3) is 0 Å². The Bertz CT molecular complexity index is 918. The van der Waals surface area contributed by atoms with Gasteiger partial charge in [0.05, 0.1) is 6.61 Å². The summed E-state index contributed by atoms with van der Waals surface area (Å²) in [6.45, 7) is 9.34. The minimum Gasteiger partial charge on any atom is -0.458 e. The molecule has 0 saturated heterocycles. The molecular weight excluding hydrogens is 506 g/mol. The van der Waals surface area contributed by atoms with E-state index in [1.54, 1.807) is 26.0 Å². The van der Waals surface area contributed by atoms with Gasteiger partial charge in [0.15, 0.2) is 11.5 Å². The Balaban J connectivity index is 2.87. The maximum Gasteiger partial charge on any atom is 0.508 e. The number of unbranched alkanes of at least 4 members (excludes halogenated alkanes) is 4. The van der Waals surface area contributed by atoms with Crippen molar-refractivity contribution in [2.45, 2.75) is 117 Å². The van der Waals surface area contributed by atoms with Crippen LogP contribution in [0.15, 0.2) is 18.2 Å². The van der Waals surface area contributed by atoms with E-state index >= 15 is 0 Å². The summed E-state index contributed by atoms with van der Waals surface area (Å²) in [5.74, 6) is -1.31. The van der Waals surface area contributed by atoms with E-state index in [2.05, 4.69) is 0 Å². The van der Waals surface area contributed by atoms with Crippen LogP contribution < -0.4 is 15.2 Å². The van der Waals surface area contributed by atoms with Gasteiger partial charge in [-0.15, -0.1) is 0 Å². The third-order valence-corrected chi connectivity index (χ3v) is 5.85. The first kappa shape index (κ1) is 33.9. The van der Waals surface area contributed by atoms with Gasteiger partial charge in [-0.05, 0) is 57.2 Å². The van der Waals surface area contributed by atoms with Crippen LogP contribution in [0.25, 0.3) is 0 Å². The molecule has 1 rings (SSSR count). The van der Waals surface area contributed by atoms with Gasteiger partial charge >= 0.3 is 24.1 Å². The number of benzene rings is 1. The number of rotatable bonds is 18. The van der Waals surface area contributed by atoms with Crippen LogP contribution in [0, 0.1) is 0 Å². The standard InChI is InChI=1S/C29H45NO9/c1-6-9-11-13-26(31)38-24-16-15-22(19-25(24)39-27(32)14-12-10-7-2)18-23(30)28(33)36-20(4)21(5)37-29(34)35-17-8-3/h15-16,19-21,23H,6-14,17-18,30H2,1-5H3/t20-,21-,23-/m0/s1. The summed E-state index contributed by atoms with van der Waals surface area (Å²) in [5.41, 5.74) is 6.67. The zero-order valence-electron chi connectivity index (χ0n) is 24.0. The molecule has 0 aliphatic heterocycles. The summed E-state index contributed by atoms with van der Waals surface area (Å²) in [4.78, 5) is 48.9. The summed E-state index contributed by atoms with van der Waals surface area (Å²) in [6, 6.07) is 3.68. The van der Waals surface area contributed by atoms with Gasteiger partial charge in [-0.1, -0.05) is 52.5 Å². The summed E-state index contributed by atoms with van der Waals surface area (Å²) >= 11 is 0. The van der Waals surface area contributed by atoms with Crippen molar-refractivity contribution in [3.63, 3.8) is 0 Å². The molecule has 1 aromatic carbocycles. The Morgan fingerprint density at radius 1 is 0.769 bits per heavy atom. The molecule has 0 radical (unpaired) electrons. The molecule has 0 aromatic heterocycles. The average molecular weight is 552 g/mol. The molecule has 0 unspecified atom stereocenters. The SMILES string of the molecule is CCCCCC(=O)Oc1ccc(C[C@H](N)C(=O)O[C@@H](C)[C@H](C)OC(=O)OCCC)cc1OC(=O)CCCCC. The van der Waals surface area contributed by atoms with Crippen LogP contribution in [-0.2, 0) is 35.0 Å². The van der Waals surface area contributed by atoms with Gasteiger partial charge < -0.3 is 29.4 Å². The van der Waals surface area contributed by atoms with Crippen LogP contribution >= 0.6 is 0 Å². The molecule has 1 aromatic rings. The van der Waals surface area contributed by atoms with Crippen molar-refractivity contribution in [2.24, 2.45) is 5.73 Å². The lowest BCUT2D eigenvalue weighted by molar-refractivity contribution is -0.155. The Kier molecular flexibility index (Phi) is 16.5. The fraction of sp³-hybridized carbons (Fsp3) is 0.655. The van der Waals surface area contributed by atoms with Gasteiger partial charge in [0.1, 0.15) is 18.2 Å². The Morgan fingerprint density at radius 3 is 1.90 bits per heavy atom. The van der Waals surface area contributed by atoms with Crippen LogP contribution in [0.3, 0.4) is 0 Å². The molecule has 0 fully saturated rings. The predicted octanol–water partition coefficient (Wildman–Crippen LogP) is 5.41. The number of ether oxygens (including phenoxy) is 5. The first-order valence-electron chi connectivity index (χ1n) is 13.9. The monoisotopic (exact) mass is 551 g/mol. The highest BCUT2D eigenvalue weighted by Crippen LogP contribution is 2.30. The van der Waals surface area contributed by atoms with Gasteiger partial charge in [-0.2, -0.15) is 0 Å². The topological polar surface area (TPSA) is 140 Å². The van der Waals surface area contributed by atoms with Crippen LogP contribution in [0.1, 0.15) is 98.0 Å². The third-order valence-electron chi connectivity index (χ3n) is 5.85. The molecular formula is C29H45NO9. The Morgan fingerprint density at radius 2 is 1.33 bits per heavy atom. The van der Waals surface area contributed by atoms with E-state index in [0.29, 0.717) is 24.8 Å². The fourth-order valence-corrected chi connectivity index (χ4v) is 3.40. The van der Waals surface area contributed by atoms with Crippen molar-refractivity contribution < 1.29 is 42.9 Å². The Labute approximate surface area is 231 Å². The van der Waals surface area contributed by atoms with Crippen LogP contribution in [-0.4, -0.2) is 48.9 Å². The highest BCUT2D eigenvalue weighted by molar-refractivity contribution is 5.77. The average Bonchev–Trinajstić information content (AvgIpc) is 2.89. The van der Waals surface area contributed by atoms with Crippen molar-refractivity contribution >= 4 is 24.1 Å². The highest BCUT2D eigenvalue weighted by Gasteiger charge is 2.25. The number of hydrogen-bond acceptors (Lipinski definition) is 10. The van der Waals surface area contributed by atoms with Crippen molar-refractivity contribution in [1.82, 2.24) is 0 Å². The predicted molar refractivity (Wildman–Crippen MR) is 145 cm³/mol. The van der Waals surface area contributed by atoms with Crippen LogP contribution in [0.5, 0.6) is 11.5 Å². The molecule has 2 N–H and O–H groups in total. The van der Waals surface area contributed by atoms with E-state index in [-0.39, 0.29) is 37.4 Å². The van der Waals surface area contributed by atoms with Crippen molar-refractivity contribution in [3.8, 4) is 11.5 Å². The smallest absolute Gasteiger partial charge is 0.458 e. The second kappa shape index (κ2) is 19.0. The van der Waals surface area contributed by atoms with Crippen LogP contribution in [0.2, 0.25) is 0 Å². The normalized spacial score (nSPS) is 13.1. The zero-order valence-corrected chi connectivity index (χ0v) is 24.0. The second-order valence-electron chi connectivity index (χ2n) is 9.52. The number of nitrogens with two attached hydrogens (primary N) is 1. The fourth-order valence-electron chi connectivity index (χ4n) is 3.40. The largest absolute Gasteiger partial charge is 0.508 e. The molecule has 39 heavy (non-hydrogen) atoms. The van der Waals surface area contributed by atoms with Crippen molar-refractivity contribution in [1.29, 1.82) is 0 Å². The number of carbonyl (C=O) groups excluding carboxylic acids is 4. The van der Waals surface area contributed by atoms with Crippen LogP contribution in [0.4, 0.5) is 4.79 Å². The summed E-state index contributed by atoms with van der Waals surface area (Å²) < 4.78 is 26.4. The van der Waals surface area contributed by atoms with E-state index in [9.17, 15) is 19.2 Å². The molecule has 0 heterocycles. The molecule has 3 atom stereocenters. The number of carbonyl (C=O) groups is 4. The second-order valence-corrected chi connectivity index (χ2v) is 9.52. The third kappa shape index (κ3) is 14.0. The molecule has 0 aliphatic carbocycles. The van der Waals surface area contributed by atoms with Gasteiger partial charge in [0.2, 0.25) is 0 Å². The maximum absolute atomic E-state index is 12.6. The quantitative estimate of drug-likeness (QED) is 0.143. The lowest BCUT2D eigenvalue weighted by atomic mass is 10.1. The summed E-state index contributed by atoms with van der Waals surface area (Å²) in [7, 11) is 0. The van der Waals surface area contributed by atoms with E-state index in [0.717, 1.165) is 25.7 Å². The maximum atomic E-state index is 12.6. The molecule has 0 aliphatic rings. The first-order valence-corrected chi connectivity index (χ1v) is 13.9. The van der Waals surface area contributed by atoms with Crippen molar-refractivity contribution in [3.05, 3.63) is 23.8 Å². The first-order chi connectivity index (χ1) is 18.6.